The lowest BCUT2D eigenvalue weighted by Crippen LogP contribution is -2.00. The molecule has 0 aliphatic heterocycles. The molecule has 0 bridgehead atoms. The van der Waals surface area contributed by atoms with Gasteiger partial charge in [0, 0.05) is 12.1 Å². The van der Waals surface area contributed by atoms with Crippen LogP contribution in [-0.4, -0.2) is 11.5 Å². The van der Waals surface area contributed by atoms with Crippen LogP contribution in [0.5, 0.6) is 5.75 Å². The Hall–Kier alpha value is -2.09. The zero-order valence-corrected chi connectivity index (χ0v) is 10.4. The summed E-state index contributed by atoms with van der Waals surface area (Å²) in [5, 5.41) is 19.5. The number of rotatable bonds is 7. The molecule has 1 aromatic rings. The second-order valence-electron chi connectivity index (χ2n) is 3.96. The Kier molecular flexibility index (Phi) is 5.65. The van der Waals surface area contributed by atoms with E-state index in [0.29, 0.717) is 12.4 Å². The number of ether oxygens (including phenoxy) is 1. The van der Waals surface area contributed by atoms with E-state index in [-0.39, 0.29) is 11.3 Å². The number of nitro benzene ring substituents is 1. The van der Waals surface area contributed by atoms with Gasteiger partial charge in [-0.3, -0.25) is 10.1 Å². The van der Waals surface area contributed by atoms with Gasteiger partial charge in [0.1, 0.15) is 17.4 Å². The van der Waals surface area contributed by atoms with E-state index in [4.69, 9.17) is 10.00 Å². The van der Waals surface area contributed by atoms with Crippen molar-refractivity contribution >= 4 is 5.69 Å². The van der Waals surface area contributed by atoms with Crippen LogP contribution in [0.25, 0.3) is 0 Å². The van der Waals surface area contributed by atoms with Crippen LogP contribution in [0.1, 0.15) is 38.2 Å². The molecule has 0 spiro atoms. The lowest BCUT2D eigenvalue weighted by molar-refractivity contribution is -0.384. The first kappa shape index (κ1) is 14.0. The van der Waals surface area contributed by atoms with Gasteiger partial charge in [-0.05, 0) is 12.5 Å². The molecule has 5 heteroatoms. The summed E-state index contributed by atoms with van der Waals surface area (Å²) in [4.78, 5) is 10.0. The van der Waals surface area contributed by atoms with E-state index < -0.39 is 4.92 Å². The van der Waals surface area contributed by atoms with Gasteiger partial charge in [-0.25, -0.2) is 0 Å². The lowest BCUT2D eigenvalue weighted by atomic mass is 10.2. The zero-order chi connectivity index (χ0) is 13.4. The van der Waals surface area contributed by atoms with E-state index >= 15 is 0 Å². The van der Waals surface area contributed by atoms with Crippen LogP contribution in [0, 0.1) is 21.4 Å². The molecule has 0 atom stereocenters. The van der Waals surface area contributed by atoms with E-state index in [1.165, 1.54) is 18.2 Å². The number of nitriles is 1. The molecule has 0 unspecified atom stereocenters. The maximum absolute atomic E-state index is 10.6. The Balaban J connectivity index is 2.61. The van der Waals surface area contributed by atoms with Gasteiger partial charge in [0.2, 0.25) is 0 Å². The number of nitro groups is 1. The fraction of sp³-hybridized carbons (Fsp3) is 0.462. The van der Waals surface area contributed by atoms with Crippen LogP contribution in [0.3, 0.4) is 0 Å². The highest BCUT2D eigenvalue weighted by Gasteiger charge is 2.11. The molecule has 0 aliphatic rings. The minimum Gasteiger partial charge on any atom is -0.492 e. The third-order valence-electron chi connectivity index (χ3n) is 2.55. The topological polar surface area (TPSA) is 76.2 Å². The number of unbranched alkanes of at least 4 members (excludes halogenated alkanes) is 3. The van der Waals surface area contributed by atoms with Gasteiger partial charge in [-0.2, -0.15) is 5.26 Å². The van der Waals surface area contributed by atoms with Crippen molar-refractivity contribution in [3.8, 4) is 11.8 Å². The summed E-state index contributed by atoms with van der Waals surface area (Å²) in [7, 11) is 0. The van der Waals surface area contributed by atoms with Gasteiger partial charge in [0.25, 0.3) is 5.69 Å². The highest BCUT2D eigenvalue weighted by molar-refractivity contribution is 5.50. The second kappa shape index (κ2) is 7.28. The van der Waals surface area contributed by atoms with Crippen molar-refractivity contribution in [3.63, 3.8) is 0 Å². The molecule has 1 rings (SSSR count). The van der Waals surface area contributed by atoms with Gasteiger partial charge in [0.05, 0.1) is 11.5 Å². The fourth-order valence-corrected chi connectivity index (χ4v) is 1.56. The summed E-state index contributed by atoms with van der Waals surface area (Å²) in [6, 6.07) is 5.98. The van der Waals surface area contributed by atoms with Gasteiger partial charge in [-0.15, -0.1) is 0 Å². The van der Waals surface area contributed by atoms with Crippen molar-refractivity contribution in [2.75, 3.05) is 6.61 Å². The van der Waals surface area contributed by atoms with Crippen LogP contribution >= 0.6 is 0 Å². The van der Waals surface area contributed by atoms with E-state index in [1.807, 2.05) is 6.07 Å². The predicted octanol–water partition coefficient (Wildman–Crippen LogP) is 3.43. The van der Waals surface area contributed by atoms with E-state index in [0.717, 1.165) is 25.7 Å². The van der Waals surface area contributed by atoms with Crippen molar-refractivity contribution < 1.29 is 9.66 Å². The van der Waals surface area contributed by atoms with E-state index in [9.17, 15) is 10.1 Å². The standard InChI is InChI=1S/C13H16N2O3/c1-2-3-4-5-8-18-13-7-6-12(15(16)17)9-11(13)10-14/h6-7,9H,2-5,8H2,1H3. The quantitative estimate of drug-likeness (QED) is 0.421. The molecule has 1 aromatic carbocycles. The highest BCUT2D eigenvalue weighted by atomic mass is 16.6. The first-order chi connectivity index (χ1) is 8.69. The largest absolute Gasteiger partial charge is 0.492 e. The zero-order valence-electron chi connectivity index (χ0n) is 10.4. The molecule has 0 saturated heterocycles. The summed E-state index contributed by atoms with van der Waals surface area (Å²) in [5.41, 5.74) is 0.115. The Morgan fingerprint density at radius 1 is 1.39 bits per heavy atom. The molecule has 0 radical (unpaired) electrons. The Labute approximate surface area is 106 Å². The second-order valence-corrected chi connectivity index (χ2v) is 3.96. The molecular weight excluding hydrogens is 232 g/mol. The van der Waals surface area contributed by atoms with Crippen LogP contribution in [-0.2, 0) is 0 Å². The molecule has 0 aliphatic carbocycles. The molecule has 0 amide bonds. The third-order valence-corrected chi connectivity index (χ3v) is 2.55. The highest BCUT2D eigenvalue weighted by Crippen LogP contribution is 2.23. The van der Waals surface area contributed by atoms with Crippen molar-refractivity contribution in [2.45, 2.75) is 32.6 Å². The van der Waals surface area contributed by atoms with Crippen molar-refractivity contribution in [2.24, 2.45) is 0 Å². The van der Waals surface area contributed by atoms with Crippen LogP contribution in [0.2, 0.25) is 0 Å². The summed E-state index contributed by atoms with van der Waals surface area (Å²) in [6.07, 6.45) is 4.33. The molecule has 0 saturated carbocycles. The Morgan fingerprint density at radius 2 is 2.17 bits per heavy atom. The third kappa shape index (κ3) is 4.06. The number of hydrogen-bond acceptors (Lipinski definition) is 4. The van der Waals surface area contributed by atoms with Gasteiger partial charge >= 0.3 is 0 Å². The molecule has 0 N–H and O–H groups in total. The SMILES string of the molecule is CCCCCCOc1ccc([N+](=O)[O-])cc1C#N. The molecule has 0 fully saturated rings. The molecule has 18 heavy (non-hydrogen) atoms. The first-order valence-corrected chi connectivity index (χ1v) is 6.00. The van der Waals surface area contributed by atoms with E-state index in [2.05, 4.69) is 6.92 Å². The smallest absolute Gasteiger partial charge is 0.271 e. The summed E-state index contributed by atoms with van der Waals surface area (Å²) < 4.78 is 5.46. The summed E-state index contributed by atoms with van der Waals surface area (Å²) in [6.45, 7) is 2.66. The maximum atomic E-state index is 10.6. The summed E-state index contributed by atoms with van der Waals surface area (Å²) >= 11 is 0. The number of nitrogens with zero attached hydrogens (tertiary/aromatic N) is 2. The first-order valence-electron chi connectivity index (χ1n) is 6.00. The molecule has 0 heterocycles. The lowest BCUT2D eigenvalue weighted by Gasteiger charge is -2.07. The average molecular weight is 248 g/mol. The van der Waals surface area contributed by atoms with Crippen molar-refractivity contribution in [1.82, 2.24) is 0 Å². The number of hydrogen-bond donors (Lipinski definition) is 0. The van der Waals surface area contributed by atoms with Gasteiger partial charge in [-0.1, -0.05) is 26.2 Å². The van der Waals surface area contributed by atoms with Gasteiger partial charge < -0.3 is 4.74 Å². The Bertz CT molecular complexity index is 452. The number of non-ortho nitro benzene ring substituents is 1. The van der Waals surface area contributed by atoms with Gasteiger partial charge in [0.15, 0.2) is 0 Å². The minimum absolute atomic E-state index is 0.0927. The Morgan fingerprint density at radius 3 is 2.78 bits per heavy atom. The fourth-order valence-electron chi connectivity index (χ4n) is 1.56. The minimum atomic E-state index is -0.522. The van der Waals surface area contributed by atoms with Crippen LogP contribution in [0.15, 0.2) is 18.2 Å². The van der Waals surface area contributed by atoms with E-state index in [1.54, 1.807) is 0 Å². The normalized spacial score (nSPS) is 9.78. The van der Waals surface area contributed by atoms with Crippen molar-refractivity contribution in [3.05, 3.63) is 33.9 Å². The summed E-state index contributed by atoms with van der Waals surface area (Å²) in [5.74, 6) is 0.416. The molecular formula is C13H16N2O3. The predicted molar refractivity (Wildman–Crippen MR) is 67.4 cm³/mol. The average Bonchev–Trinajstić information content (AvgIpc) is 2.38. The molecule has 96 valence electrons. The maximum Gasteiger partial charge on any atom is 0.271 e. The molecule has 5 nitrogen and oxygen atoms in total. The molecule has 0 aromatic heterocycles. The van der Waals surface area contributed by atoms with Crippen LogP contribution in [0.4, 0.5) is 5.69 Å². The number of benzene rings is 1. The van der Waals surface area contributed by atoms with Crippen molar-refractivity contribution in [1.29, 1.82) is 5.26 Å². The monoisotopic (exact) mass is 248 g/mol. The van der Waals surface area contributed by atoms with Crippen LogP contribution < -0.4 is 4.74 Å².